The molecule has 0 fully saturated rings. The van der Waals surface area contributed by atoms with Gasteiger partial charge in [-0.2, -0.15) is 0 Å². The van der Waals surface area contributed by atoms with Crippen LogP contribution in [-0.2, 0) is 17.8 Å². The first kappa shape index (κ1) is 20.4. The normalized spacial score (nSPS) is 11.2. The third kappa shape index (κ3) is 4.91. The molecule has 3 aromatic rings. The number of rotatable bonds is 6. The van der Waals surface area contributed by atoms with Gasteiger partial charge in [-0.15, -0.1) is 0 Å². The topological polar surface area (TPSA) is 64.0 Å². The Morgan fingerprint density at radius 2 is 1.89 bits per heavy atom. The van der Waals surface area contributed by atoms with Crippen molar-refractivity contribution in [1.82, 2.24) is 9.55 Å². The van der Waals surface area contributed by atoms with Gasteiger partial charge in [0.1, 0.15) is 5.69 Å². The molecule has 1 heterocycles. The van der Waals surface area contributed by atoms with Crippen LogP contribution in [0.3, 0.4) is 0 Å². The van der Waals surface area contributed by atoms with E-state index < -0.39 is 0 Å². The van der Waals surface area contributed by atoms with Gasteiger partial charge in [-0.25, -0.2) is 4.98 Å². The molecule has 0 radical (unpaired) electrons. The van der Waals surface area contributed by atoms with Crippen LogP contribution in [0.1, 0.15) is 26.0 Å². The quantitative estimate of drug-likeness (QED) is 0.618. The lowest BCUT2D eigenvalue weighted by Crippen LogP contribution is -2.28. The summed E-state index contributed by atoms with van der Waals surface area (Å²) in [6, 6.07) is 12.2. The molecule has 1 N–H and O–H groups in total. The van der Waals surface area contributed by atoms with Gasteiger partial charge in [0.2, 0.25) is 5.91 Å². The number of anilines is 1. The molecule has 2 aromatic carbocycles. The third-order valence-electron chi connectivity index (χ3n) is 4.22. The van der Waals surface area contributed by atoms with Crippen LogP contribution in [0, 0.1) is 5.92 Å². The highest BCUT2D eigenvalue weighted by Gasteiger charge is 2.14. The Kier molecular flexibility index (Phi) is 6.37. The molecule has 7 heteroatoms. The lowest BCUT2D eigenvalue weighted by atomic mass is 10.1. The highest BCUT2D eigenvalue weighted by Crippen LogP contribution is 2.19. The Morgan fingerprint density at radius 3 is 2.61 bits per heavy atom. The van der Waals surface area contributed by atoms with E-state index in [2.05, 4.69) is 10.3 Å². The van der Waals surface area contributed by atoms with Crippen LogP contribution < -0.4 is 10.9 Å². The van der Waals surface area contributed by atoms with Gasteiger partial charge in [0, 0.05) is 35.1 Å². The Hall–Kier alpha value is -2.37. The van der Waals surface area contributed by atoms with Gasteiger partial charge in [0.25, 0.3) is 5.56 Å². The van der Waals surface area contributed by atoms with Crippen LogP contribution in [0.5, 0.6) is 0 Å². The summed E-state index contributed by atoms with van der Waals surface area (Å²) in [7, 11) is 0. The molecule has 0 aliphatic carbocycles. The first-order valence-electron chi connectivity index (χ1n) is 9.08. The van der Waals surface area contributed by atoms with E-state index in [-0.39, 0.29) is 30.2 Å². The van der Waals surface area contributed by atoms with Crippen LogP contribution in [-0.4, -0.2) is 15.5 Å². The van der Waals surface area contributed by atoms with E-state index in [0.717, 1.165) is 5.52 Å². The average molecular weight is 418 g/mol. The highest BCUT2D eigenvalue weighted by molar-refractivity contribution is 6.31. The first-order valence-corrected chi connectivity index (χ1v) is 9.83. The molecule has 3 rings (SSSR count). The molecule has 146 valence electrons. The summed E-state index contributed by atoms with van der Waals surface area (Å²) in [4.78, 5) is 29.7. The van der Waals surface area contributed by atoms with E-state index in [1.165, 1.54) is 0 Å². The minimum Gasteiger partial charge on any atom is -0.326 e. The van der Waals surface area contributed by atoms with Crippen molar-refractivity contribution in [2.24, 2.45) is 5.92 Å². The average Bonchev–Trinajstić information content (AvgIpc) is 2.62. The monoisotopic (exact) mass is 417 g/mol. The number of carbonyl (C=O) groups is 1. The second-order valence-electron chi connectivity index (χ2n) is 7.06. The number of benzene rings is 2. The molecule has 0 saturated heterocycles. The summed E-state index contributed by atoms with van der Waals surface area (Å²) in [5.41, 5.74) is 2.21. The van der Waals surface area contributed by atoms with E-state index in [0.29, 0.717) is 33.5 Å². The maximum atomic E-state index is 12.9. The predicted molar refractivity (Wildman–Crippen MR) is 114 cm³/mol. The fraction of sp³-hybridized carbons (Fsp3) is 0.286. The number of halogens is 2. The van der Waals surface area contributed by atoms with Crippen molar-refractivity contribution < 1.29 is 4.79 Å². The Labute approximate surface area is 173 Å². The molecule has 0 atom stereocenters. The van der Waals surface area contributed by atoms with Gasteiger partial charge in [-0.05, 0) is 42.3 Å². The van der Waals surface area contributed by atoms with Gasteiger partial charge < -0.3 is 9.88 Å². The van der Waals surface area contributed by atoms with E-state index >= 15 is 0 Å². The zero-order valence-electron chi connectivity index (χ0n) is 15.7. The Morgan fingerprint density at radius 1 is 1.14 bits per heavy atom. The molecule has 0 unspecified atom stereocenters. The van der Waals surface area contributed by atoms with Gasteiger partial charge in [0.05, 0.1) is 11.0 Å². The van der Waals surface area contributed by atoms with Gasteiger partial charge in [-0.1, -0.05) is 43.1 Å². The molecular weight excluding hydrogens is 397 g/mol. The van der Waals surface area contributed by atoms with Crippen molar-refractivity contribution in [2.75, 3.05) is 5.32 Å². The van der Waals surface area contributed by atoms with Crippen LogP contribution >= 0.6 is 23.2 Å². The van der Waals surface area contributed by atoms with Crippen LogP contribution in [0.2, 0.25) is 10.0 Å². The first-order chi connectivity index (χ1) is 13.3. The van der Waals surface area contributed by atoms with Gasteiger partial charge in [-0.3, -0.25) is 9.59 Å². The van der Waals surface area contributed by atoms with Crippen molar-refractivity contribution in [3.05, 3.63) is 68.6 Å². The number of aromatic nitrogens is 2. The standard InChI is InChI=1S/C21H21Cl2N3O2/c1-13(2)12-26-19-8-6-15(23)11-18(19)25-17(21(26)28)7-9-20(27)24-16-5-3-4-14(22)10-16/h3-6,8,10-11,13H,7,9,12H2,1-2H3,(H,24,27). The Bertz CT molecular complexity index is 1080. The van der Waals surface area contributed by atoms with E-state index in [1.807, 2.05) is 19.9 Å². The molecule has 1 aromatic heterocycles. The zero-order valence-corrected chi connectivity index (χ0v) is 17.2. The van der Waals surface area contributed by atoms with Crippen LogP contribution in [0.25, 0.3) is 11.0 Å². The number of nitrogens with zero attached hydrogens (tertiary/aromatic N) is 2. The molecule has 5 nitrogen and oxygen atoms in total. The molecule has 0 bridgehead atoms. The number of amides is 1. The summed E-state index contributed by atoms with van der Waals surface area (Å²) in [5.74, 6) is 0.0861. The summed E-state index contributed by atoms with van der Waals surface area (Å²) in [6.45, 7) is 4.67. The zero-order chi connectivity index (χ0) is 20.3. The number of fused-ring (bicyclic) bond motifs is 1. The minimum atomic E-state index is -0.204. The summed E-state index contributed by atoms with van der Waals surface area (Å²) in [6.07, 6.45) is 0.383. The second kappa shape index (κ2) is 8.76. The van der Waals surface area contributed by atoms with Gasteiger partial charge in [0.15, 0.2) is 0 Å². The van der Waals surface area contributed by atoms with Gasteiger partial charge >= 0.3 is 0 Å². The molecule has 0 aliphatic rings. The van der Waals surface area contributed by atoms with Crippen molar-refractivity contribution in [2.45, 2.75) is 33.2 Å². The van der Waals surface area contributed by atoms with Crippen molar-refractivity contribution in [1.29, 1.82) is 0 Å². The molecule has 0 spiro atoms. The van der Waals surface area contributed by atoms with E-state index in [9.17, 15) is 9.59 Å². The van der Waals surface area contributed by atoms with Crippen molar-refractivity contribution in [3.63, 3.8) is 0 Å². The Balaban J connectivity index is 1.85. The lowest BCUT2D eigenvalue weighted by molar-refractivity contribution is -0.116. The number of aryl methyl sites for hydroxylation is 1. The summed E-state index contributed by atoms with van der Waals surface area (Å²) < 4.78 is 1.72. The lowest BCUT2D eigenvalue weighted by Gasteiger charge is -2.14. The molecule has 28 heavy (non-hydrogen) atoms. The summed E-state index contributed by atoms with van der Waals surface area (Å²) >= 11 is 12.0. The smallest absolute Gasteiger partial charge is 0.272 e. The SMILES string of the molecule is CC(C)Cn1c(=O)c(CCC(=O)Nc2cccc(Cl)c2)nc2cc(Cl)ccc21. The minimum absolute atomic E-state index is 0.141. The highest BCUT2D eigenvalue weighted by atomic mass is 35.5. The van der Waals surface area contributed by atoms with E-state index in [1.54, 1.807) is 41.0 Å². The molecule has 0 aliphatic heterocycles. The van der Waals surface area contributed by atoms with Crippen LogP contribution in [0.4, 0.5) is 5.69 Å². The maximum Gasteiger partial charge on any atom is 0.272 e. The molecule has 1 amide bonds. The maximum absolute atomic E-state index is 12.9. The fourth-order valence-corrected chi connectivity index (χ4v) is 3.36. The molecule has 0 saturated carbocycles. The number of nitrogens with one attached hydrogen (secondary N) is 1. The third-order valence-corrected chi connectivity index (χ3v) is 4.69. The summed E-state index contributed by atoms with van der Waals surface area (Å²) in [5, 5.41) is 3.88. The predicted octanol–water partition coefficient (Wildman–Crippen LogP) is 4.93. The van der Waals surface area contributed by atoms with Crippen LogP contribution in [0.15, 0.2) is 47.3 Å². The second-order valence-corrected chi connectivity index (χ2v) is 7.93. The van der Waals surface area contributed by atoms with Crippen molar-refractivity contribution in [3.8, 4) is 0 Å². The number of hydrogen-bond donors (Lipinski definition) is 1. The number of carbonyl (C=O) groups excluding carboxylic acids is 1. The number of hydrogen-bond acceptors (Lipinski definition) is 3. The van der Waals surface area contributed by atoms with E-state index in [4.69, 9.17) is 23.2 Å². The van der Waals surface area contributed by atoms with Crippen molar-refractivity contribution >= 4 is 45.8 Å². The largest absolute Gasteiger partial charge is 0.326 e. The fourth-order valence-electron chi connectivity index (χ4n) is 3.00. The molecular formula is C21H21Cl2N3O2.